The maximum atomic E-state index is 12.2. The largest absolute Gasteiger partial charge is 0.497 e. The molecule has 0 saturated heterocycles. The lowest BCUT2D eigenvalue weighted by atomic mass is 9.86. The summed E-state index contributed by atoms with van der Waals surface area (Å²) < 4.78 is 5.07. The van der Waals surface area contributed by atoms with Crippen molar-refractivity contribution in [1.29, 1.82) is 0 Å². The van der Waals surface area contributed by atoms with Crippen LogP contribution in [0.25, 0.3) is 0 Å². The predicted molar refractivity (Wildman–Crippen MR) is 108 cm³/mol. The smallest absolute Gasteiger partial charge is 0.319 e. The molecule has 0 aliphatic rings. The molecule has 6 heteroatoms. The van der Waals surface area contributed by atoms with Crippen LogP contribution in [0.3, 0.4) is 0 Å². The molecule has 0 unspecified atom stereocenters. The molecule has 3 N–H and O–H groups in total. The van der Waals surface area contributed by atoms with Crippen molar-refractivity contribution in [2.75, 3.05) is 24.3 Å². The molecule has 2 aromatic rings. The van der Waals surface area contributed by atoms with Gasteiger partial charge in [0.05, 0.1) is 7.11 Å². The van der Waals surface area contributed by atoms with Gasteiger partial charge in [0, 0.05) is 24.3 Å². The Morgan fingerprint density at radius 1 is 0.963 bits per heavy atom. The second-order valence-electron chi connectivity index (χ2n) is 7.20. The molecule has 3 amide bonds. The van der Waals surface area contributed by atoms with Crippen LogP contribution in [0.15, 0.2) is 48.5 Å². The highest BCUT2D eigenvalue weighted by Crippen LogP contribution is 2.29. The molecule has 0 heterocycles. The van der Waals surface area contributed by atoms with Crippen molar-refractivity contribution in [3.63, 3.8) is 0 Å². The molecule has 0 bridgehead atoms. The first kappa shape index (κ1) is 20.3. The Morgan fingerprint density at radius 3 is 2.26 bits per heavy atom. The summed E-state index contributed by atoms with van der Waals surface area (Å²) in [6, 6.07) is 14.4. The lowest BCUT2D eigenvalue weighted by Crippen LogP contribution is -2.31. The molecule has 0 fully saturated rings. The summed E-state index contributed by atoms with van der Waals surface area (Å²) in [5.41, 5.74) is 2.46. The first-order valence-electron chi connectivity index (χ1n) is 8.88. The maximum Gasteiger partial charge on any atom is 0.319 e. The third-order valence-electron chi connectivity index (χ3n) is 3.99. The van der Waals surface area contributed by atoms with Gasteiger partial charge in [-0.2, -0.15) is 0 Å². The average molecular weight is 369 g/mol. The van der Waals surface area contributed by atoms with Gasteiger partial charge in [-0.1, -0.05) is 39.0 Å². The highest BCUT2D eigenvalue weighted by molar-refractivity contribution is 5.93. The molecule has 0 saturated carbocycles. The number of amides is 3. The van der Waals surface area contributed by atoms with Crippen LogP contribution < -0.4 is 20.7 Å². The monoisotopic (exact) mass is 369 g/mol. The molecular formula is C21H27N3O3. The topological polar surface area (TPSA) is 79.5 Å². The van der Waals surface area contributed by atoms with Gasteiger partial charge >= 0.3 is 6.03 Å². The Morgan fingerprint density at radius 2 is 1.63 bits per heavy atom. The van der Waals surface area contributed by atoms with Gasteiger partial charge in [-0.15, -0.1) is 0 Å². The van der Waals surface area contributed by atoms with Crippen molar-refractivity contribution >= 4 is 23.3 Å². The number of ether oxygens (including phenoxy) is 1. The Bertz CT molecular complexity index is 780. The number of methoxy groups -OCH3 is 1. The van der Waals surface area contributed by atoms with Gasteiger partial charge in [-0.25, -0.2) is 4.79 Å². The highest BCUT2D eigenvalue weighted by atomic mass is 16.5. The SMILES string of the molecule is COc1ccc(NC(=O)NCCC(=O)Nc2ccccc2C(C)(C)C)cc1. The minimum absolute atomic E-state index is 0.0691. The first-order chi connectivity index (χ1) is 12.8. The van der Waals surface area contributed by atoms with Gasteiger partial charge in [0.25, 0.3) is 0 Å². The van der Waals surface area contributed by atoms with Crippen molar-refractivity contribution in [1.82, 2.24) is 5.32 Å². The summed E-state index contributed by atoms with van der Waals surface area (Å²) in [6.07, 6.45) is 0.189. The Balaban J connectivity index is 1.80. The molecular weight excluding hydrogens is 342 g/mol. The van der Waals surface area contributed by atoms with E-state index in [1.807, 2.05) is 24.3 Å². The van der Waals surface area contributed by atoms with E-state index in [9.17, 15) is 9.59 Å². The van der Waals surface area contributed by atoms with E-state index in [0.717, 1.165) is 11.3 Å². The molecule has 6 nitrogen and oxygen atoms in total. The van der Waals surface area contributed by atoms with Gasteiger partial charge in [0.1, 0.15) is 5.75 Å². The van der Waals surface area contributed by atoms with Crippen LogP contribution in [0.1, 0.15) is 32.8 Å². The first-order valence-corrected chi connectivity index (χ1v) is 8.88. The van der Waals surface area contributed by atoms with E-state index in [4.69, 9.17) is 4.74 Å². The van der Waals surface area contributed by atoms with E-state index < -0.39 is 0 Å². The Hall–Kier alpha value is -3.02. The van der Waals surface area contributed by atoms with Crippen molar-refractivity contribution in [3.05, 3.63) is 54.1 Å². The minimum Gasteiger partial charge on any atom is -0.497 e. The number of anilines is 2. The summed E-state index contributed by atoms with van der Waals surface area (Å²) in [6.45, 7) is 6.54. The predicted octanol–water partition coefficient (Wildman–Crippen LogP) is 4.14. The number of carbonyl (C=O) groups excluding carboxylic acids is 2. The van der Waals surface area contributed by atoms with Gasteiger partial charge in [-0.3, -0.25) is 4.79 Å². The van der Waals surface area contributed by atoms with E-state index in [0.29, 0.717) is 11.4 Å². The highest BCUT2D eigenvalue weighted by Gasteiger charge is 2.18. The molecule has 0 aliphatic heterocycles. The molecule has 0 atom stereocenters. The molecule has 0 aromatic heterocycles. The number of hydrogen-bond acceptors (Lipinski definition) is 3. The fourth-order valence-electron chi connectivity index (χ4n) is 2.60. The number of hydrogen-bond donors (Lipinski definition) is 3. The zero-order valence-electron chi connectivity index (χ0n) is 16.3. The second kappa shape index (κ2) is 9.07. The molecule has 0 radical (unpaired) electrons. The number of nitrogens with one attached hydrogen (secondary N) is 3. The third kappa shape index (κ3) is 6.33. The van der Waals surface area contributed by atoms with Crippen LogP contribution >= 0.6 is 0 Å². The van der Waals surface area contributed by atoms with Crippen molar-refractivity contribution in [2.24, 2.45) is 0 Å². The lowest BCUT2D eigenvalue weighted by molar-refractivity contribution is -0.116. The number of rotatable bonds is 6. The van der Waals surface area contributed by atoms with Crippen LogP contribution in [-0.2, 0) is 10.2 Å². The molecule has 144 valence electrons. The second-order valence-corrected chi connectivity index (χ2v) is 7.20. The number of carbonyl (C=O) groups is 2. The van der Waals surface area contributed by atoms with Gasteiger partial charge in [-0.05, 0) is 41.3 Å². The van der Waals surface area contributed by atoms with E-state index in [1.54, 1.807) is 31.4 Å². The maximum absolute atomic E-state index is 12.2. The van der Waals surface area contributed by atoms with Crippen LogP contribution in [0.2, 0.25) is 0 Å². The van der Waals surface area contributed by atoms with Crippen LogP contribution in [-0.4, -0.2) is 25.6 Å². The van der Waals surface area contributed by atoms with E-state index in [-0.39, 0.29) is 30.3 Å². The van der Waals surface area contributed by atoms with Crippen molar-refractivity contribution in [2.45, 2.75) is 32.6 Å². The van der Waals surface area contributed by atoms with Crippen LogP contribution in [0.4, 0.5) is 16.2 Å². The fourth-order valence-corrected chi connectivity index (χ4v) is 2.60. The molecule has 2 aromatic carbocycles. The average Bonchev–Trinajstić information content (AvgIpc) is 2.62. The third-order valence-corrected chi connectivity index (χ3v) is 3.99. The Labute approximate surface area is 160 Å². The number of benzene rings is 2. The van der Waals surface area contributed by atoms with Crippen molar-refractivity contribution in [3.8, 4) is 5.75 Å². The zero-order valence-corrected chi connectivity index (χ0v) is 16.3. The van der Waals surface area contributed by atoms with Crippen molar-refractivity contribution < 1.29 is 14.3 Å². The quantitative estimate of drug-likeness (QED) is 0.716. The number of urea groups is 1. The van der Waals surface area contributed by atoms with E-state index in [2.05, 4.69) is 36.7 Å². The Kier molecular flexibility index (Phi) is 6.82. The summed E-state index contributed by atoms with van der Waals surface area (Å²) in [4.78, 5) is 24.1. The van der Waals surface area contributed by atoms with Crippen LogP contribution in [0, 0.1) is 0 Å². The van der Waals surface area contributed by atoms with Gasteiger partial charge < -0.3 is 20.7 Å². The fraction of sp³-hybridized carbons (Fsp3) is 0.333. The molecule has 0 aliphatic carbocycles. The van der Waals surface area contributed by atoms with E-state index >= 15 is 0 Å². The summed E-state index contributed by atoms with van der Waals surface area (Å²) in [5, 5.41) is 8.32. The zero-order chi connectivity index (χ0) is 19.9. The standard InChI is InChI=1S/C21H27N3O3/c1-21(2,3)17-7-5-6-8-18(17)24-19(25)13-14-22-20(26)23-15-9-11-16(27-4)12-10-15/h5-12H,13-14H2,1-4H3,(H,24,25)(H2,22,23,26). The lowest BCUT2D eigenvalue weighted by Gasteiger charge is -2.23. The van der Waals surface area contributed by atoms with Gasteiger partial charge in [0.2, 0.25) is 5.91 Å². The van der Waals surface area contributed by atoms with Crippen LogP contribution in [0.5, 0.6) is 5.75 Å². The minimum atomic E-state index is -0.358. The number of para-hydroxylation sites is 1. The molecule has 2 rings (SSSR count). The summed E-state index contributed by atoms with van der Waals surface area (Å²) >= 11 is 0. The molecule has 27 heavy (non-hydrogen) atoms. The summed E-state index contributed by atoms with van der Waals surface area (Å²) in [7, 11) is 1.58. The molecule has 0 spiro atoms. The van der Waals surface area contributed by atoms with E-state index in [1.165, 1.54) is 0 Å². The normalized spacial score (nSPS) is 10.8. The summed E-state index contributed by atoms with van der Waals surface area (Å²) in [5.74, 6) is 0.574. The van der Waals surface area contributed by atoms with Gasteiger partial charge in [0.15, 0.2) is 0 Å².